The van der Waals surface area contributed by atoms with Gasteiger partial charge in [-0.05, 0) is 23.6 Å². The number of hydrogen-bond acceptors (Lipinski definition) is 1. The first-order chi connectivity index (χ1) is 7.86. The number of nitrogens with zero attached hydrogens (tertiary/aromatic N) is 1. The van der Waals surface area contributed by atoms with Gasteiger partial charge in [0.25, 0.3) is 0 Å². The van der Waals surface area contributed by atoms with Gasteiger partial charge in [0.1, 0.15) is 5.75 Å². The monoisotopic (exact) mass is 245 g/mol. The van der Waals surface area contributed by atoms with E-state index in [1.807, 2.05) is 24.4 Å². The predicted molar refractivity (Wildman–Crippen MR) is 63.7 cm³/mol. The first-order valence-corrected chi connectivity index (χ1v) is 5.25. The van der Waals surface area contributed by atoms with Crippen LogP contribution in [-0.4, -0.2) is 7.11 Å². The van der Waals surface area contributed by atoms with Gasteiger partial charge in [-0.1, -0.05) is 6.07 Å². The van der Waals surface area contributed by atoms with Crippen molar-refractivity contribution in [2.75, 3.05) is 7.11 Å². The predicted octanol–water partition coefficient (Wildman–Crippen LogP) is -0.409. The molecule has 86 valence electrons. The Bertz CT molecular complexity index is 666. The summed E-state index contributed by atoms with van der Waals surface area (Å²) < 4.78 is 7.34. The number of benzene rings is 1. The van der Waals surface area contributed by atoms with Crippen LogP contribution in [0.5, 0.6) is 5.75 Å². The van der Waals surface area contributed by atoms with Gasteiger partial charge in [-0.25, -0.2) is 0 Å². The van der Waals surface area contributed by atoms with Gasteiger partial charge >= 0.3 is 0 Å². The molecule has 0 unspecified atom stereocenters. The van der Waals surface area contributed by atoms with Gasteiger partial charge in [0.15, 0.2) is 12.4 Å². The van der Waals surface area contributed by atoms with Crippen LogP contribution in [0.4, 0.5) is 0 Å². The van der Waals surface area contributed by atoms with E-state index in [9.17, 15) is 0 Å². The molecular weight excluding hydrogens is 234 g/mol. The van der Waals surface area contributed by atoms with E-state index in [4.69, 9.17) is 4.74 Å². The first kappa shape index (κ1) is 11.7. The van der Waals surface area contributed by atoms with Gasteiger partial charge in [0.05, 0.1) is 7.11 Å². The number of ether oxygens (including phenoxy) is 1. The summed E-state index contributed by atoms with van der Waals surface area (Å²) in [5, 5.41) is 2.41. The van der Waals surface area contributed by atoms with Crippen LogP contribution in [0.1, 0.15) is 0 Å². The highest BCUT2D eigenvalue weighted by Crippen LogP contribution is 2.20. The molecule has 2 aromatic heterocycles. The zero-order valence-electron chi connectivity index (χ0n) is 9.43. The van der Waals surface area contributed by atoms with Gasteiger partial charge in [0, 0.05) is 23.6 Å². The maximum atomic E-state index is 5.23. The zero-order valence-corrected chi connectivity index (χ0v) is 10.2. The fraction of sp³-hybridized carbons (Fsp3) is 0.0714. The van der Waals surface area contributed by atoms with Crippen molar-refractivity contribution in [3.05, 3.63) is 54.9 Å². The third-order valence-corrected chi connectivity index (χ3v) is 2.80. The number of halogens is 1. The molecule has 0 aliphatic carbocycles. The van der Waals surface area contributed by atoms with E-state index in [2.05, 4.69) is 34.9 Å². The van der Waals surface area contributed by atoms with E-state index in [1.165, 1.54) is 16.3 Å². The Morgan fingerprint density at radius 2 is 1.88 bits per heavy atom. The molecule has 17 heavy (non-hydrogen) atoms. The molecule has 0 spiro atoms. The summed E-state index contributed by atoms with van der Waals surface area (Å²) in [5.41, 5.74) is 1.19. The Hall–Kier alpha value is -1.80. The van der Waals surface area contributed by atoms with Crippen LogP contribution < -0.4 is 21.5 Å². The Balaban J connectivity index is 0.00000108. The second-order valence-corrected chi connectivity index (χ2v) is 3.80. The average Bonchev–Trinajstić information content (AvgIpc) is 2.35. The summed E-state index contributed by atoms with van der Waals surface area (Å²) in [6.45, 7) is 0. The average molecular weight is 246 g/mol. The third kappa shape index (κ3) is 2.04. The molecular formula is C14H12ClNO. The maximum absolute atomic E-state index is 5.23. The van der Waals surface area contributed by atoms with E-state index in [-0.39, 0.29) is 12.4 Å². The molecule has 0 aliphatic heterocycles. The molecule has 0 saturated heterocycles. The van der Waals surface area contributed by atoms with Gasteiger partial charge < -0.3 is 17.1 Å². The van der Waals surface area contributed by atoms with E-state index < -0.39 is 0 Å². The van der Waals surface area contributed by atoms with Crippen LogP contribution in [0.3, 0.4) is 0 Å². The van der Waals surface area contributed by atoms with Gasteiger partial charge in [-0.3, -0.25) is 0 Å². The number of hydrogen-bond donors (Lipinski definition) is 0. The van der Waals surface area contributed by atoms with Crippen molar-refractivity contribution in [3.8, 4) is 5.75 Å². The molecule has 2 nitrogen and oxygen atoms in total. The molecule has 0 bridgehead atoms. The number of methoxy groups -OCH3 is 1. The molecule has 0 amide bonds. The van der Waals surface area contributed by atoms with Crippen LogP contribution in [-0.2, 0) is 0 Å². The van der Waals surface area contributed by atoms with Crippen molar-refractivity contribution < 1.29 is 21.5 Å². The van der Waals surface area contributed by atoms with E-state index >= 15 is 0 Å². The first-order valence-electron chi connectivity index (χ1n) is 5.25. The molecule has 1 aromatic carbocycles. The molecule has 0 atom stereocenters. The van der Waals surface area contributed by atoms with Crippen LogP contribution in [0.25, 0.3) is 16.3 Å². The fourth-order valence-corrected chi connectivity index (χ4v) is 1.94. The number of fused-ring (bicyclic) bond motifs is 2. The maximum Gasteiger partial charge on any atom is 0.211 e. The summed E-state index contributed by atoms with van der Waals surface area (Å²) in [6.07, 6.45) is 4.17. The second kappa shape index (κ2) is 4.60. The van der Waals surface area contributed by atoms with E-state index in [0.717, 1.165) is 5.75 Å². The Labute approximate surface area is 106 Å². The van der Waals surface area contributed by atoms with Crippen LogP contribution in [0.2, 0.25) is 0 Å². The lowest BCUT2D eigenvalue weighted by Gasteiger charge is -2.01. The molecule has 3 rings (SSSR count). The molecule has 0 fully saturated rings. The Morgan fingerprint density at radius 3 is 2.71 bits per heavy atom. The Morgan fingerprint density at radius 1 is 1.00 bits per heavy atom. The summed E-state index contributed by atoms with van der Waals surface area (Å²) in [4.78, 5) is 0. The molecule has 2 heterocycles. The van der Waals surface area contributed by atoms with Crippen molar-refractivity contribution >= 4 is 16.3 Å². The number of pyridine rings is 2. The normalized spacial score (nSPS) is 10.2. The van der Waals surface area contributed by atoms with Gasteiger partial charge in [-0.15, -0.1) is 0 Å². The lowest BCUT2D eigenvalue weighted by Crippen LogP contribution is -3.00. The zero-order chi connectivity index (χ0) is 11.0. The highest BCUT2D eigenvalue weighted by Gasteiger charge is 2.04. The van der Waals surface area contributed by atoms with Crippen molar-refractivity contribution in [1.29, 1.82) is 0 Å². The highest BCUT2D eigenvalue weighted by atomic mass is 35.5. The molecule has 3 heteroatoms. The molecule has 3 aromatic rings. The topological polar surface area (TPSA) is 13.3 Å². The molecule has 0 N–H and O–H groups in total. The quantitative estimate of drug-likeness (QED) is 0.420. The van der Waals surface area contributed by atoms with Crippen LogP contribution >= 0.6 is 0 Å². The summed E-state index contributed by atoms with van der Waals surface area (Å²) in [6, 6.07) is 14.5. The second-order valence-electron chi connectivity index (χ2n) is 3.80. The van der Waals surface area contributed by atoms with E-state index in [1.54, 1.807) is 7.11 Å². The van der Waals surface area contributed by atoms with Gasteiger partial charge in [0.2, 0.25) is 5.52 Å². The highest BCUT2D eigenvalue weighted by molar-refractivity contribution is 5.84. The lowest BCUT2D eigenvalue weighted by molar-refractivity contribution is -0.510. The van der Waals surface area contributed by atoms with Crippen LogP contribution in [0, 0.1) is 0 Å². The fourth-order valence-electron chi connectivity index (χ4n) is 1.94. The standard InChI is InChI=1S/C14H12NO.ClH/c1-16-14-6-5-11-8-13-4-2-3-7-15(13)10-12(11)9-14;/h2-10H,1H3;1H/q+1;/p-1. The van der Waals surface area contributed by atoms with Crippen molar-refractivity contribution in [3.63, 3.8) is 0 Å². The summed E-state index contributed by atoms with van der Waals surface area (Å²) >= 11 is 0. The smallest absolute Gasteiger partial charge is 0.211 e. The minimum Gasteiger partial charge on any atom is -1.00 e. The largest absolute Gasteiger partial charge is 1.00 e. The van der Waals surface area contributed by atoms with Gasteiger partial charge in [-0.2, -0.15) is 4.40 Å². The third-order valence-electron chi connectivity index (χ3n) is 2.80. The number of rotatable bonds is 1. The molecule has 0 radical (unpaired) electrons. The molecule has 0 aliphatic rings. The molecule has 0 saturated carbocycles. The lowest BCUT2D eigenvalue weighted by atomic mass is 10.1. The minimum atomic E-state index is 0. The summed E-state index contributed by atoms with van der Waals surface area (Å²) in [5.74, 6) is 0.892. The van der Waals surface area contributed by atoms with Crippen LogP contribution in [0.15, 0.2) is 54.9 Å². The van der Waals surface area contributed by atoms with Crippen molar-refractivity contribution in [2.45, 2.75) is 0 Å². The van der Waals surface area contributed by atoms with Crippen molar-refractivity contribution in [1.82, 2.24) is 0 Å². The SMILES string of the molecule is COc1ccc2cc3cccc[n+]3cc2c1.[Cl-]. The minimum absolute atomic E-state index is 0. The summed E-state index contributed by atoms with van der Waals surface area (Å²) in [7, 11) is 1.69. The van der Waals surface area contributed by atoms with Crippen molar-refractivity contribution in [2.24, 2.45) is 0 Å². The Kier molecular flexibility index (Phi) is 3.16. The number of aromatic nitrogens is 1. The van der Waals surface area contributed by atoms with E-state index in [0.29, 0.717) is 0 Å².